The summed E-state index contributed by atoms with van der Waals surface area (Å²) >= 11 is 0. The summed E-state index contributed by atoms with van der Waals surface area (Å²) in [5, 5.41) is 5.19. The van der Waals surface area contributed by atoms with E-state index in [-0.39, 0.29) is 0 Å². The van der Waals surface area contributed by atoms with Crippen LogP contribution in [0.25, 0.3) is 10.9 Å². The number of rotatable bonds is 0. The van der Waals surface area contributed by atoms with Crippen LogP contribution in [0.4, 0.5) is 0 Å². The lowest BCUT2D eigenvalue weighted by molar-refractivity contribution is 0.780. The average molecular weight is 173 g/mol. The highest BCUT2D eigenvalue weighted by Crippen LogP contribution is 2.06. The first-order valence-corrected chi connectivity index (χ1v) is 4.30. The number of hydrogen-bond donors (Lipinski definition) is 0. The Bertz CT molecular complexity index is 395. The molecule has 0 N–H and O–H groups in total. The summed E-state index contributed by atoms with van der Waals surface area (Å²) < 4.78 is 1.74. The Morgan fingerprint density at radius 1 is 1.38 bits per heavy atom. The van der Waals surface area contributed by atoms with Gasteiger partial charge in [-0.15, -0.1) is 0 Å². The highest BCUT2D eigenvalue weighted by molar-refractivity contribution is 6.31. The van der Waals surface area contributed by atoms with Crippen LogP contribution in [-0.2, 0) is 7.05 Å². The quantitative estimate of drug-likeness (QED) is 0.551. The van der Waals surface area contributed by atoms with E-state index in [1.54, 1.807) is 16.9 Å². The van der Waals surface area contributed by atoms with Crippen molar-refractivity contribution in [2.75, 3.05) is 0 Å². The molecule has 2 heterocycles. The normalized spacial score (nSPS) is 9.46. The van der Waals surface area contributed by atoms with E-state index < -0.39 is 0 Å². The van der Waals surface area contributed by atoms with E-state index in [1.807, 2.05) is 27.1 Å². The van der Waals surface area contributed by atoms with Gasteiger partial charge < -0.3 is 0 Å². The zero-order valence-electron chi connectivity index (χ0n) is 8.15. The van der Waals surface area contributed by atoms with Gasteiger partial charge in [0.25, 0.3) is 0 Å². The standard InChI is InChI=1S/C7H6BN3.C2H6/c1-11-4-5-3-9-7(8)2-6(5)10-11;1-2/h2-4H,1H3;1-2H3. The molecule has 0 aliphatic carbocycles. The van der Waals surface area contributed by atoms with E-state index in [9.17, 15) is 0 Å². The molecular formula is C9H12BN3. The van der Waals surface area contributed by atoms with Crippen molar-refractivity contribution in [3.8, 4) is 0 Å². The van der Waals surface area contributed by atoms with Crippen molar-refractivity contribution in [1.29, 1.82) is 0 Å². The molecule has 0 bridgehead atoms. The van der Waals surface area contributed by atoms with Gasteiger partial charge in [-0.1, -0.05) is 13.8 Å². The van der Waals surface area contributed by atoms with Crippen molar-refractivity contribution in [3.63, 3.8) is 0 Å². The van der Waals surface area contributed by atoms with Gasteiger partial charge in [-0.3, -0.25) is 9.67 Å². The Balaban J connectivity index is 0.000000396. The first kappa shape index (κ1) is 9.77. The molecule has 0 aliphatic heterocycles. The number of fused-ring (bicyclic) bond motifs is 1. The predicted octanol–water partition coefficient (Wildman–Crippen LogP) is 0.788. The van der Waals surface area contributed by atoms with E-state index in [0.29, 0.717) is 5.59 Å². The Morgan fingerprint density at radius 3 is 2.77 bits per heavy atom. The lowest BCUT2D eigenvalue weighted by Crippen LogP contribution is -2.05. The second kappa shape index (κ2) is 4.07. The largest absolute Gasteiger partial charge is 0.275 e. The van der Waals surface area contributed by atoms with Crippen LogP contribution in [0, 0.1) is 0 Å². The molecule has 0 aromatic carbocycles. The van der Waals surface area contributed by atoms with Gasteiger partial charge in [0.1, 0.15) is 7.85 Å². The van der Waals surface area contributed by atoms with Crippen molar-refractivity contribution in [2.24, 2.45) is 7.05 Å². The molecular weight excluding hydrogens is 161 g/mol. The number of aromatic nitrogens is 3. The minimum Gasteiger partial charge on any atom is -0.275 e. The van der Waals surface area contributed by atoms with Crippen molar-refractivity contribution in [3.05, 3.63) is 18.5 Å². The Kier molecular flexibility index (Phi) is 3.06. The summed E-state index contributed by atoms with van der Waals surface area (Å²) in [5.41, 5.74) is 1.40. The van der Waals surface area contributed by atoms with Crippen LogP contribution in [0.2, 0.25) is 0 Å². The minimum atomic E-state index is 0.510. The fraction of sp³-hybridized carbons (Fsp3) is 0.333. The average Bonchev–Trinajstić information content (AvgIpc) is 2.48. The summed E-state index contributed by atoms with van der Waals surface area (Å²) in [6.45, 7) is 4.00. The summed E-state index contributed by atoms with van der Waals surface area (Å²) in [6.07, 6.45) is 3.62. The van der Waals surface area contributed by atoms with Gasteiger partial charge in [-0.2, -0.15) is 5.10 Å². The Labute approximate surface area is 79.2 Å². The molecule has 0 saturated carbocycles. The monoisotopic (exact) mass is 173 g/mol. The van der Waals surface area contributed by atoms with Gasteiger partial charge in [-0.05, 0) is 11.7 Å². The molecule has 0 atom stereocenters. The molecule has 4 heteroatoms. The SMILES string of the molecule is CC.[B]c1cc2nn(C)cc2cn1. The Morgan fingerprint density at radius 2 is 2.08 bits per heavy atom. The molecule has 0 amide bonds. The highest BCUT2D eigenvalue weighted by Gasteiger charge is 1.96. The summed E-state index contributed by atoms with van der Waals surface area (Å²) in [4.78, 5) is 3.95. The van der Waals surface area contributed by atoms with E-state index in [4.69, 9.17) is 7.85 Å². The van der Waals surface area contributed by atoms with Crippen molar-refractivity contribution in [1.82, 2.24) is 14.8 Å². The maximum atomic E-state index is 5.47. The number of nitrogens with zero attached hydrogens (tertiary/aromatic N) is 3. The molecule has 2 aromatic heterocycles. The summed E-state index contributed by atoms with van der Waals surface area (Å²) in [5.74, 6) is 0. The van der Waals surface area contributed by atoms with Crippen molar-refractivity contribution in [2.45, 2.75) is 13.8 Å². The molecule has 2 rings (SSSR count). The van der Waals surface area contributed by atoms with Gasteiger partial charge >= 0.3 is 0 Å². The maximum absolute atomic E-state index is 5.47. The second-order valence-electron chi connectivity index (χ2n) is 2.47. The fourth-order valence-electron chi connectivity index (χ4n) is 1.06. The number of aryl methyl sites for hydroxylation is 1. The summed E-state index contributed by atoms with van der Waals surface area (Å²) in [6, 6.07) is 1.76. The van der Waals surface area contributed by atoms with Crippen LogP contribution in [0.1, 0.15) is 13.8 Å². The van der Waals surface area contributed by atoms with Crippen LogP contribution in [0.15, 0.2) is 18.5 Å². The first-order valence-electron chi connectivity index (χ1n) is 4.30. The van der Waals surface area contributed by atoms with E-state index in [0.717, 1.165) is 10.9 Å². The molecule has 2 radical (unpaired) electrons. The Hall–Kier alpha value is -1.32. The third-order valence-corrected chi connectivity index (χ3v) is 1.52. The molecule has 0 fully saturated rings. The zero-order valence-corrected chi connectivity index (χ0v) is 8.15. The lowest BCUT2D eigenvalue weighted by atomic mass is 10.0. The molecule has 0 saturated heterocycles. The molecule has 3 nitrogen and oxygen atoms in total. The molecule has 2 aromatic rings. The number of hydrogen-bond acceptors (Lipinski definition) is 2. The fourth-order valence-corrected chi connectivity index (χ4v) is 1.06. The maximum Gasteiger partial charge on any atom is 0.141 e. The van der Waals surface area contributed by atoms with Crippen LogP contribution in [-0.4, -0.2) is 22.6 Å². The van der Waals surface area contributed by atoms with Gasteiger partial charge in [0.15, 0.2) is 0 Å². The molecule has 66 valence electrons. The molecule has 0 spiro atoms. The number of pyridine rings is 1. The van der Waals surface area contributed by atoms with E-state index >= 15 is 0 Å². The van der Waals surface area contributed by atoms with Gasteiger partial charge in [0.2, 0.25) is 0 Å². The lowest BCUT2D eigenvalue weighted by Gasteiger charge is -1.88. The first-order chi connectivity index (χ1) is 6.25. The molecule has 0 unspecified atom stereocenters. The van der Waals surface area contributed by atoms with Crippen LogP contribution in [0.3, 0.4) is 0 Å². The highest BCUT2D eigenvalue weighted by atomic mass is 15.2. The predicted molar refractivity (Wildman–Crippen MR) is 55.2 cm³/mol. The third kappa shape index (κ3) is 2.08. The van der Waals surface area contributed by atoms with Crippen LogP contribution >= 0.6 is 0 Å². The van der Waals surface area contributed by atoms with Gasteiger partial charge in [-0.25, -0.2) is 0 Å². The van der Waals surface area contributed by atoms with Crippen LogP contribution < -0.4 is 5.59 Å². The van der Waals surface area contributed by atoms with Crippen molar-refractivity contribution >= 4 is 24.3 Å². The van der Waals surface area contributed by atoms with Crippen molar-refractivity contribution < 1.29 is 0 Å². The summed E-state index contributed by atoms with van der Waals surface area (Å²) in [7, 11) is 7.34. The third-order valence-electron chi connectivity index (χ3n) is 1.52. The van der Waals surface area contributed by atoms with Gasteiger partial charge in [0, 0.05) is 24.8 Å². The van der Waals surface area contributed by atoms with E-state index in [2.05, 4.69) is 10.1 Å². The molecule has 0 aliphatic rings. The molecule has 13 heavy (non-hydrogen) atoms. The second-order valence-corrected chi connectivity index (χ2v) is 2.47. The van der Waals surface area contributed by atoms with Gasteiger partial charge in [0.05, 0.1) is 5.52 Å². The van der Waals surface area contributed by atoms with Crippen LogP contribution in [0.5, 0.6) is 0 Å². The smallest absolute Gasteiger partial charge is 0.141 e. The minimum absolute atomic E-state index is 0.510. The zero-order chi connectivity index (χ0) is 9.84. The van der Waals surface area contributed by atoms with E-state index in [1.165, 1.54) is 0 Å². The topological polar surface area (TPSA) is 30.7 Å².